The molecular weight excluding hydrogens is 536 g/mol. The Morgan fingerprint density at radius 2 is 0.833 bits per heavy atom. The molecule has 0 saturated carbocycles. The molecule has 0 amide bonds. The van der Waals surface area contributed by atoms with Crippen molar-refractivity contribution < 1.29 is 38.0 Å². The molecule has 0 aromatic heterocycles. The van der Waals surface area contributed by atoms with Crippen LogP contribution in [0.15, 0.2) is 121 Å². The highest BCUT2D eigenvalue weighted by atomic mass is 16.7. The molecule has 4 aromatic carbocycles. The maximum atomic E-state index is 13.1. The summed E-state index contributed by atoms with van der Waals surface area (Å²) in [6, 6.07) is 36.3. The second kappa shape index (κ2) is 13.1. The maximum absolute atomic E-state index is 13.1. The van der Waals surface area contributed by atoms with Crippen LogP contribution in [0.1, 0.15) is 44.4 Å². The zero-order chi connectivity index (χ0) is 28.7. The monoisotopic (exact) mass is 566 g/mol. The molecule has 42 heavy (non-hydrogen) atoms. The molecule has 0 unspecified atom stereocenters. The van der Waals surface area contributed by atoms with Crippen LogP contribution in [0.5, 0.6) is 0 Å². The molecule has 8 nitrogen and oxygen atoms in total. The van der Waals surface area contributed by atoms with Gasteiger partial charge in [-0.05, 0) is 24.3 Å². The van der Waals surface area contributed by atoms with Gasteiger partial charge < -0.3 is 28.4 Å². The second-order valence-electron chi connectivity index (χ2n) is 9.97. The quantitative estimate of drug-likeness (QED) is 0.265. The van der Waals surface area contributed by atoms with E-state index in [1.807, 2.05) is 72.8 Å². The first kappa shape index (κ1) is 27.8. The van der Waals surface area contributed by atoms with Crippen molar-refractivity contribution in [2.24, 2.45) is 0 Å². The number of esters is 2. The standard InChI is InChI=1S/C34H30O8/c35-31(23-13-5-1-6-14-23)39-27-21-37-33(25-17-9-3-10-18-25)41-29(27)30-28(40-32(36)24-15-7-2-8-16-24)22-38-34(42-30)26-19-11-4-12-20-26/h1-20,27-30,33-34H,21-22H2/t27-,28+,29+,30-,33-,34-/m0/s1. The van der Waals surface area contributed by atoms with Crippen LogP contribution in [0.25, 0.3) is 0 Å². The largest absolute Gasteiger partial charge is 0.453 e. The average Bonchev–Trinajstić information content (AvgIpc) is 3.07. The molecule has 0 bridgehead atoms. The molecule has 2 saturated heterocycles. The topological polar surface area (TPSA) is 89.5 Å². The molecule has 0 radical (unpaired) electrons. The number of ether oxygens (including phenoxy) is 6. The summed E-state index contributed by atoms with van der Waals surface area (Å²) in [4.78, 5) is 26.3. The predicted molar refractivity (Wildman–Crippen MR) is 151 cm³/mol. The maximum Gasteiger partial charge on any atom is 0.338 e. The highest BCUT2D eigenvalue weighted by Crippen LogP contribution is 2.37. The Morgan fingerprint density at radius 1 is 0.500 bits per heavy atom. The van der Waals surface area contributed by atoms with Crippen molar-refractivity contribution in [3.8, 4) is 0 Å². The van der Waals surface area contributed by atoms with Crippen molar-refractivity contribution in [1.82, 2.24) is 0 Å². The van der Waals surface area contributed by atoms with Crippen molar-refractivity contribution >= 4 is 11.9 Å². The molecule has 2 aliphatic rings. The SMILES string of the molecule is O=C(O[C@H]1CO[C@H](c2ccccc2)O[C@H]1[C@H]1O[C@@H](c2ccccc2)OC[C@H]1OC(=O)c1ccccc1)c1ccccc1. The number of hydrogen-bond acceptors (Lipinski definition) is 8. The van der Waals surface area contributed by atoms with Gasteiger partial charge in [-0.2, -0.15) is 0 Å². The fraction of sp³-hybridized carbons (Fsp3) is 0.235. The highest BCUT2D eigenvalue weighted by molar-refractivity contribution is 5.90. The lowest BCUT2D eigenvalue weighted by Gasteiger charge is -2.44. The second-order valence-corrected chi connectivity index (χ2v) is 9.97. The lowest BCUT2D eigenvalue weighted by Crippen LogP contribution is -2.58. The molecule has 6 rings (SSSR count). The van der Waals surface area contributed by atoms with Crippen LogP contribution in [0.3, 0.4) is 0 Å². The fourth-order valence-electron chi connectivity index (χ4n) is 5.00. The number of hydrogen-bond donors (Lipinski definition) is 0. The Hall–Kier alpha value is -4.34. The third kappa shape index (κ3) is 6.42. The van der Waals surface area contributed by atoms with Gasteiger partial charge in [0.25, 0.3) is 0 Å². The first-order valence-corrected chi connectivity index (χ1v) is 13.8. The van der Waals surface area contributed by atoms with Gasteiger partial charge in [-0.3, -0.25) is 0 Å². The fourth-order valence-corrected chi connectivity index (χ4v) is 5.00. The zero-order valence-electron chi connectivity index (χ0n) is 22.7. The summed E-state index contributed by atoms with van der Waals surface area (Å²) in [5.74, 6) is -1.05. The van der Waals surface area contributed by atoms with Gasteiger partial charge in [-0.1, -0.05) is 97.1 Å². The third-order valence-electron chi connectivity index (χ3n) is 7.12. The summed E-state index contributed by atoms with van der Waals surface area (Å²) in [7, 11) is 0. The number of carbonyl (C=O) groups is 2. The highest BCUT2D eigenvalue weighted by Gasteiger charge is 2.48. The van der Waals surface area contributed by atoms with Gasteiger partial charge in [-0.25, -0.2) is 9.59 Å². The van der Waals surface area contributed by atoms with E-state index in [1.165, 1.54) is 0 Å². The Labute approximate surface area is 243 Å². The van der Waals surface area contributed by atoms with E-state index in [-0.39, 0.29) is 13.2 Å². The van der Waals surface area contributed by atoms with E-state index in [1.54, 1.807) is 48.5 Å². The van der Waals surface area contributed by atoms with E-state index >= 15 is 0 Å². The van der Waals surface area contributed by atoms with E-state index in [2.05, 4.69) is 0 Å². The van der Waals surface area contributed by atoms with Crippen LogP contribution in [-0.2, 0) is 28.4 Å². The van der Waals surface area contributed by atoms with Crippen LogP contribution in [-0.4, -0.2) is 49.6 Å². The number of benzene rings is 4. The van der Waals surface area contributed by atoms with Gasteiger partial charge in [0.2, 0.25) is 0 Å². The molecule has 0 aliphatic carbocycles. The van der Waals surface area contributed by atoms with Crippen LogP contribution in [0.2, 0.25) is 0 Å². The average molecular weight is 567 g/mol. The molecule has 2 heterocycles. The van der Waals surface area contributed by atoms with Gasteiger partial charge in [-0.15, -0.1) is 0 Å². The van der Waals surface area contributed by atoms with Gasteiger partial charge in [0, 0.05) is 11.1 Å². The third-order valence-corrected chi connectivity index (χ3v) is 7.12. The van der Waals surface area contributed by atoms with Crippen molar-refractivity contribution in [2.45, 2.75) is 37.0 Å². The summed E-state index contributed by atoms with van der Waals surface area (Å²) in [6.07, 6.45) is -4.96. The summed E-state index contributed by atoms with van der Waals surface area (Å²) in [5, 5.41) is 0. The Balaban J connectivity index is 1.32. The van der Waals surface area contributed by atoms with Gasteiger partial charge in [0.05, 0.1) is 24.3 Å². The lowest BCUT2D eigenvalue weighted by molar-refractivity contribution is -0.330. The molecule has 6 atom stereocenters. The summed E-state index contributed by atoms with van der Waals surface area (Å²) < 4.78 is 37.0. The Kier molecular flexibility index (Phi) is 8.67. The van der Waals surface area contributed by atoms with Crippen molar-refractivity contribution in [3.05, 3.63) is 144 Å². The van der Waals surface area contributed by atoms with Crippen molar-refractivity contribution in [3.63, 3.8) is 0 Å². The van der Waals surface area contributed by atoms with E-state index in [4.69, 9.17) is 28.4 Å². The number of carbonyl (C=O) groups excluding carboxylic acids is 2. The summed E-state index contributed by atoms with van der Waals surface area (Å²) >= 11 is 0. The molecule has 4 aromatic rings. The Bertz CT molecular complexity index is 1340. The van der Waals surface area contributed by atoms with Gasteiger partial charge >= 0.3 is 11.9 Å². The minimum Gasteiger partial charge on any atom is -0.453 e. The summed E-state index contributed by atoms with van der Waals surface area (Å²) in [5.41, 5.74) is 2.37. The van der Waals surface area contributed by atoms with Crippen LogP contribution >= 0.6 is 0 Å². The molecular formula is C34H30O8. The molecule has 8 heteroatoms. The first-order chi connectivity index (χ1) is 20.7. The van der Waals surface area contributed by atoms with E-state index in [0.29, 0.717) is 11.1 Å². The first-order valence-electron chi connectivity index (χ1n) is 13.8. The van der Waals surface area contributed by atoms with Gasteiger partial charge in [0.15, 0.2) is 24.8 Å². The molecule has 0 N–H and O–H groups in total. The molecule has 0 spiro atoms. The molecule has 2 fully saturated rings. The Morgan fingerprint density at radius 3 is 1.19 bits per heavy atom. The van der Waals surface area contributed by atoms with E-state index in [9.17, 15) is 9.59 Å². The van der Waals surface area contributed by atoms with Crippen LogP contribution in [0, 0.1) is 0 Å². The lowest BCUT2D eigenvalue weighted by atomic mass is 9.99. The van der Waals surface area contributed by atoms with E-state index in [0.717, 1.165) is 11.1 Å². The minimum absolute atomic E-state index is 0.0405. The molecule has 214 valence electrons. The number of rotatable bonds is 7. The van der Waals surface area contributed by atoms with E-state index < -0.39 is 48.9 Å². The van der Waals surface area contributed by atoms with Crippen LogP contribution in [0.4, 0.5) is 0 Å². The normalized spacial score (nSPS) is 25.7. The molecule has 2 aliphatic heterocycles. The van der Waals surface area contributed by atoms with Gasteiger partial charge in [0.1, 0.15) is 12.2 Å². The van der Waals surface area contributed by atoms with Crippen LogP contribution < -0.4 is 0 Å². The smallest absolute Gasteiger partial charge is 0.338 e. The van der Waals surface area contributed by atoms with Crippen molar-refractivity contribution in [1.29, 1.82) is 0 Å². The summed E-state index contributed by atoms with van der Waals surface area (Å²) in [6.45, 7) is 0.0811. The minimum atomic E-state index is -0.866. The zero-order valence-corrected chi connectivity index (χ0v) is 22.7. The predicted octanol–water partition coefficient (Wildman–Crippen LogP) is 5.67. The van der Waals surface area contributed by atoms with Crippen molar-refractivity contribution in [2.75, 3.05) is 13.2 Å².